The van der Waals surface area contributed by atoms with Gasteiger partial charge in [0.2, 0.25) is 0 Å². The summed E-state index contributed by atoms with van der Waals surface area (Å²) in [6, 6.07) is 14.9. The first-order valence-corrected chi connectivity index (χ1v) is 7.42. The maximum Gasteiger partial charge on any atom is 0.275 e. The zero-order valence-corrected chi connectivity index (χ0v) is 13.1. The molecule has 1 aliphatic heterocycles. The summed E-state index contributed by atoms with van der Waals surface area (Å²) in [6.45, 7) is 0. The maximum atomic E-state index is 12.0. The van der Waals surface area contributed by atoms with E-state index in [1.807, 2.05) is 36.4 Å². The van der Waals surface area contributed by atoms with Crippen LogP contribution in [0.15, 0.2) is 63.7 Å². The van der Waals surface area contributed by atoms with Crippen LogP contribution in [0.3, 0.4) is 0 Å². The summed E-state index contributed by atoms with van der Waals surface area (Å²) in [5, 5.41) is 3.39. The van der Waals surface area contributed by atoms with Crippen LogP contribution >= 0.6 is 27.5 Å². The van der Waals surface area contributed by atoms with E-state index in [4.69, 9.17) is 11.6 Å². The number of halogens is 2. The van der Waals surface area contributed by atoms with E-state index in [-0.39, 0.29) is 5.91 Å². The van der Waals surface area contributed by atoms with Crippen LogP contribution in [0.1, 0.15) is 11.1 Å². The molecular weight excluding hydrogens is 352 g/mol. The average Bonchev–Trinajstić information content (AvgIpc) is 2.81. The third-order valence-electron chi connectivity index (χ3n) is 2.97. The molecule has 0 aliphatic carbocycles. The molecule has 1 amide bonds. The first-order valence-electron chi connectivity index (χ1n) is 6.25. The minimum Gasteiger partial charge on any atom is -0.305 e. The number of hydrogen-bond acceptors (Lipinski definition) is 2. The summed E-state index contributed by atoms with van der Waals surface area (Å²) < 4.78 is 0.978. The fourth-order valence-electron chi connectivity index (χ4n) is 1.97. The predicted octanol–water partition coefficient (Wildman–Crippen LogP) is 4.02. The summed E-state index contributed by atoms with van der Waals surface area (Å²) >= 11 is 9.31. The minimum atomic E-state index is -0.215. The summed E-state index contributed by atoms with van der Waals surface area (Å²) in [5.41, 5.74) is 2.07. The van der Waals surface area contributed by atoms with E-state index in [1.54, 1.807) is 18.2 Å². The molecule has 0 atom stereocenters. The van der Waals surface area contributed by atoms with Crippen LogP contribution in [0, 0.1) is 0 Å². The van der Waals surface area contributed by atoms with Crippen molar-refractivity contribution in [2.45, 2.75) is 0 Å². The van der Waals surface area contributed by atoms with E-state index in [9.17, 15) is 4.79 Å². The summed E-state index contributed by atoms with van der Waals surface area (Å²) in [4.78, 5) is 16.3. The number of carbonyl (C=O) groups is 1. The molecule has 0 saturated heterocycles. The Hall–Kier alpha value is -1.91. The zero-order valence-electron chi connectivity index (χ0n) is 10.8. The molecule has 21 heavy (non-hydrogen) atoms. The first kappa shape index (κ1) is 14.0. The second kappa shape index (κ2) is 5.84. The molecule has 0 unspecified atom stereocenters. The molecule has 0 fully saturated rings. The van der Waals surface area contributed by atoms with E-state index in [0.717, 1.165) is 15.6 Å². The van der Waals surface area contributed by atoms with Gasteiger partial charge in [0.15, 0.2) is 0 Å². The molecule has 0 radical (unpaired) electrons. The van der Waals surface area contributed by atoms with Crippen LogP contribution in [-0.2, 0) is 4.79 Å². The summed E-state index contributed by atoms with van der Waals surface area (Å²) in [5.74, 6) is 0.341. The van der Waals surface area contributed by atoms with Crippen LogP contribution < -0.4 is 5.32 Å². The number of amidine groups is 1. The Kier molecular flexibility index (Phi) is 3.90. The molecule has 0 aromatic heterocycles. The van der Waals surface area contributed by atoms with Crippen molar-refractivity contribution in [3.8, 4) is 0 Å². The molecule has 3 rings (SSSR count). The van der Waals surface area contributed by atoms with Crippen LogP contribution in [0.4, 0.5) is 0 Å². The molecule has 0 bridgehead atoms. The van der Waals surface area contributed by atoms with E-state index in [1.165, 1.54) is 0 Å². The highest BCUT2D eigenvalue weighted by Gasteiger charge is 2.20. The van der Waals surface area contributed by atoms with Gasteiger partial charge >= 0.3 is 0 Å². The lowest BCUT2D eigenvalue weighted by Crippen LogP contribution is -2.24. The zero-order chi connectivity index (χ0) is 14.8. The number of nitrogens with zero attached hydrogens (tertiary/aromatic N) is 1. The fraction of sp³-hybridized carbons (Fsp3) is 0. The average molecular weight is 362 g/mol. The number of nitrogens with one attached hydrogen (secondary N) is 1. The highest BCUT2D eigenvalue weighted by molar-refractivity contribution is 9.10. The van der Waals surface area contributed by atoms with Crippen LogP contribution in [-0.4, -0.2) is 11.7 Å². The molecule has 1 N–H and O–H groups in total. The van der Waals surface area contributed by atoms with Gasteiger partial charge in [0, 0.05) is 15.1 Å². The Bertz CT molecular complexity index is 766. The molecular formula is C16H10BrClN2O. The van der Waals surface area contributed by atoms with Crippen molar-refractivity contribution in [1.82, 2.24) is 5.32 Å². The standard InChI is InChI=1S/C16H10BrClN2O/c17-12-6-4-11(5-7-12)15-19-14(16(21)20-15)9-10-2-1-3-13(18)8-10/h1-9H,(H,19,20,21)/b14-9+. The number of rotatable bonds is 2. The van der Waals surface area contributed by atoms with E-state index in [2.05, 4.69) is 26.2 Å². The Balaban J connectivity index is 1.93. The third kappa shape index (κ3) is 3.23. The second-order valence-corrected chi connectivity index (χ2v) is 5.86. The Morgan fingerprint density at radius 2 is 1.90 bits per heavy atom. The Morgan fingerprint density at radius 1 is 1.14 bits per heavy atom. The van der Waals surface area contributed by atoms with Crippen LogP contribution in [0.2, 0.25) is 5.02 Å². The lowest BCUT2D eigenvalue weighted by molar-refractivity contribution is -0.115. The quantitative estimate of drug-likeness (QED) is 0.807. The number of amides is 1. The largest absolute Gasteiger partial charge is 0.305 e. The highest BCUT2D eigenvalue weighted by Crippen LogP contribution is 2.18. The van der Waals surface area contributed by atoms with Gasteiger partial charge in [-0.25, -0.2) is 4.99 Å². The minimum absolute atomic E-state index is 0.215. The van der Waals surface area contributed by atoms with Crippen molar-refractivity contribution in [1.29, 1.82) is 0 Å². The first-order chi connectivity index (χ1) is 10.1. The predicted molar refractivity (Wildman–Crippen MR) is 88.3 cm³/mol. The number of aliphatic imine (C=N–C) groups is 1. The molecule has 2 aromatic rings. The third-order valence-corrected chi connectivity index (χ3v) is 3.73. The van der Waals surface area contributed by atoms with Gasteiger partial charge in [-0.15, -0.1) is 0 Å². The van der Waals surface area contributed by atoms with Crippen molar-refractivity contribution in [2.75, 3.05) is 0 Å². The van der Waals surface area contributed by atoms with E-state index < -0.39 is 0 Å². The van der Waals surface area contributed by atoms with Gasteiger partial charge < -0.3 is 5.32 Å². The molecule has 5 heteroatoms. The van der Waals surface area contributed by atoms with Crippen molar-refractivity contribution in [3.05, 3.63) is 74.9 Å². The molecule has 0 spiro atoms. The van der Waals surface area contributed by atoms with Gasteiger partial charge in [0.25, 0.3) is 5.91 Å². The maximum absolute atomic E-state index is 12.0. The van der Waals surface area contributed by atoms with Crippen molar-refractivity contribution >= 4 is 45.3 Å². The lowest BCUT2D eigenvalue weighted by atomic mass is 10.2. The van der Waals surface area contributed by atoms with Crippen LogP contribution in [0.25, 0.3) is 6.08 Å². The van der Waals surface area contributed by atoms with Gasteiger partial charge in [-0.1, -0.05) is 51.8 Å². The number of carbonyl (C=O) groups excluding carboxylic acids is 1. The van der Waals surface area contributed by atoms with Gasteiger partial charge in [-0.2, -0.15) is 0 Å². The van der Waals surface area contributed by atoms with Gasteiger partial charge in [0.1, 0.15) is 11.5 Å². The van der Waals surface area contributed by atoms with Gasteiger partial charge in [-0.05, 0) is 35.9 Å². The molecule has 2 aromatic carbocycles. The number of benzene rings is 2. The fourth-order valence-corrected chi connectivity index (χ4v) is 2.43. The molecule has 3 nitrogen and oxygen atoms in total. The molecule has 1 aliphatic rings. The SMILES string of the molecule is O=C1NC(c2ccc(Br)cc2)=N/C1=C/c1cccc(Cl)c1. The Labute approximate surface area is 135 Å². The molecule has 1 heterocycles. The lowest BCUT2D eigenvalue weighted by Gasteiger charge is -1.99. The van der Waals surface area contributed by atoms with Gasteiger partial charge in [-0.3, -0.25) is 4.79 Å². The molecule has 0 saturated carbocycles. The smallest absolute Gasteiger partial charge is 0.275 e. The Morgan fingerprint density at radius 3 is 2.62 bits per heavy atom. The van der Waals surface area contributed by atoms with Crippen molar-refractivity contribution in [2.24, 2.45) is 4.99 Å². The van der Waals surface area contributed by atoms with Crippen molar-refractivity contribution in [3.63, 3.8) is 0 Å². The summed E-state index contributed by atoms with van der Waals surface area (Å²) in [6.07, 6.45) is 1.72. The highest BCUT2D eigenvalue weighted by atomic mass is 79.9. The normalized spacial score (nSPS) is 16.0. The molecule has 104 valence electrons. The second-order valence-electron chi connectivity index (χ2n) is 4.51. The van der Waals surface area contributed by atoms with E-state index >= 15 is 0 Å². The van der Waals surface area contributed by atoms with E-state index in [0.29, 0.717) is 16.6 Å². The number of hydrogen-bond donors (Lipinski definition) is 1. The van der Waals surface area contributed by atoms with Crippen molar-refractivity contribution < 1.29 is 4.79 Å². The monoisotopic (exact) mass is 360 g/mol. The van der Waals surface area contributed by atoms with Gasteiger partial charge in [0.05, 0.1) is 0 Å². The topological polar surface area (TPSA) is 41.5 Å². The van der Waals surface area contributed by atoms with Crippen LogP contribution in [0.5, 0.6) is 0 Å². The summed E-state index contributed by atoms with van der Waals surface area (Å²) in [7, 11) is 0.